The average molecular weight is 127 g/mol. The second kappa shape index (κ2) is 2.71. The number of hydrogen-bond donors (Lipinski definition) is 0. The molecule has 0 aliphatic rings. The van der Waals surface area contributed by atoms with Crippen molar-refractivity contribution in [1.29, 1.82) is 0 Å². The van der Waals surface area contributed by atoms with E-state index in [-0.39, 0.29) is 0 Å². The maximum Gasteiger partial charge on any atom is 0.128 e. The summed E-state index contributed by atoms with van der Waals surface area (Å²) >= 11 is 0. The minimum Gasteiger partial charge on any atom is -0.246 e. The molecular weight excluding hydrogens is 122 g/mol. The van der Waals surface area contributed by atoms with E-state index in [0.717, 1.165) is 0 Å². The predicted octanol–water partition coefficient (Wildman–Crippen LogP) is 1.04. The average Bonchev–Trinajstić information content (AvgIpc) is 2.04. The molecule has 1 nitrogen and oxygen atoms in total. The fourth-order valence-electron chi connectivity index (χ4n) is 0.637. The lowest BCUT2D eigenvalue weighted by atomic mass is 10.2. The van der Waals surface area contributed by atoms with Crippen LogP contribution in [0.1, 0.15) is 11.3 Å². The first kappa shape index (κ1) is 6.39. The molecule has 0 amide bonds. The molecule has 0 unspecified atom stereocenters. The summed E-state index contributed by atoms with van der Waals surface area (Å²) in [6, 6.07) is 3.53. The van der Waals surface area contributed by atoms with Gasteiger partial charge in [-0.25, -0.2) is 4.98 Å². The normalized spacial score (nSPS) is 7.80. The molecule has 1 aromatic rings. The summed E-state index contributed by atoms with van der Waals surface area (Å²) in [6.45, 7) is 0. The van der Waals surface area contributed by atoms with Gasteiger partial charge in [0.2, 0.25) is 0 Å². The van der Waals surface area contributed by atoms with Gasteiger partial charge in [-0.1, -0.05) is 5.92 Å². The Morgan fingerprint density at radius 2 is 2.10 bits per heavy atom. The Balaban J connectivity index is 3.28. The number of hydrogen-bond acceptors (Lipinski definition) is 1. The molecule has 0 radical (unpaired) electrons. The number of terminal acetylenes is 2. The highest BCUT2D eigenvalue weighted by Crippen LogP contribution is 1.99. The Kier molecular flexibility index (Phi) is 1.73. The quantitative estimate of drug-likeness (QED) is 0.474. The van der Waals surface area contributed by atoms with Crippen molar-refractivity contribution in [2.75, 3.05) is 0 Å². The van der Waals surface area contributed by atoms with Crippen molar-refractivity contribution in [1.82, 2.24) is 4.98 Å². The van der Waals surface area contributed by atoms with Gasteiger partial charge in [-0.2, -0.15) is 0 Å². The first-order valence-electron chi connectivity index (χ1n) is 2.76. The van der Waals surface area contributed by atoms with Crippen molar-refractivity contribution < 1.29 is 0 Å². The van der Waals surface area contributed by atoms with E-state index in [0.29, 0.717) is 11.3 Å². The molecule has 1 heterocycles. The van der Waals surface area contributed by atoms with Gasteiger partial charge in [-0.15, -0.1) is 12.8 Å². The third kappa shape index (κ3) is 0.989. The van der Waals surface area contributed by atoms with Crippen molar-refractivity contribution in [2.24, 2.45) is 0 Å². The molecule has 1 aromatic heterocycles. The highest BCUT2D eigenvalue weighted by molar-refractivity contribution is 5.43. The van der Waals surface area contributed by atoms with E-state index >= 15 is 0 Å². The van der Waals surface area contributed by atoms with Crippen molar-refractivity contribution in [2.45, 2.75) is 0 Å². The fraction of sp³-hybridized carbons (Fsp3) is 0. The van der Waals surface area contributed by atoms with Crippen molar-refractivity contribution in [3.8, 4) is 24.7 Å². The number of rotatable bonds is 0. The molecular formula is C9H5N. The SMILES string of the molecule is C#Cc1cccnc1C#C. The zero-order chi connectivity index (χ0) is 7.40. The van der Waals surface area contributed by atoms with E-state index in [1.807, 2.05) is 0 Å². The molecule has 0 atom stereocenters. The zero-order valence-corrected chi connectivity index (χ0v) is 5.33. The second-order valence-electron chi connectivity index (χ2n) is 1.69. The molecule has 1 rings (SSSR count). The summed E-state index contributed by atoms with van der Waals surface area (Å²) in [5, 5.41) is 0. The molecule has 0 bridgehead atoms. The van der Waals surface area contributed by atoms with E-state index in [1.54, 1.807) is 18.3 Å². The molecule has 0 N–H and O–H groups in total. The lowest BCUT2D eigenvalue weighted by molar-refractivity contribution is 1.27. The van der Waals surface area contributed by atoms with Crippen LogP contribution in [0.4, 0.5) is 0 Å². The van der Waals surface area contributed by atoms with Gasteiger partial charge in [0.05, 0.1) is 5.56 Å². The lowest BCUT2D eigenvalue weighted by Gasteiger charge is -1.91. The van der Waals surface area contributed by atoms with Crippen molar-refractivity contribution in [3.63, 3.8) is 0 Å². The Bertz CT molecular complexity index is 279. The highest BCUT2D eigenvalue weighted by atomic mass is 14.7. The molecule has 0 aliphatic carbocycles. The molecule has 0 spiro atoms. The monoisotopic (exact) mass is 127 g/mol. The lowest BCUT2D eigenvalue weighted by Crippen LogP contribution is -1.85. The Labute approximate surface area is 60.1 Å². The summed E-state index contributed by atoms with van der Waals surface area (Å²) in [7, 11) is 0. The van der Waals surface area contributed by atoms with Crippen LogP contribution < -0.4 is 0 Å². The number of pyridine rings is 1. The minimum atomic E-state index is 0.532. The Morgan fingerprint density at radius 1 is 1.30 bits per heavy atom. The van der Waals surface area contributed by atoms with Crippen LogP contribution in [0.3, 0.4) is 0 Å². The van der Waals surface area contributed by atoms with E-state index in [1.165, 1.54) is 0 Å². The van der Waals surface area contributed by atoms with Gasteiger partial charge in [-0.3, -0.25) is 0 Å². The van der Waals surface area contributed by atoms with E-state index in [9.17, 15) is 0 Å². The summed E-state index contributed by atoms with van der Waals surface area (Å²) in [6.07, 6.45) is 11.9. The van der Waals surface area contributed by atoms with Crippen LogP contribution >= 0.6 is 0 Å². The maximum absolute atomic E-state index is 5.14. The van der Waals surface area contributed by atoms with Gasteiger partial charge in [0.1, 0.15) is 5.69 Å². The van der Waals surface area contributed by atoms with Gasteiger partial charge in [-0.05, 0) is 18.1 Å². The number of nitrogens with zero attached hydrogens (tertiary/aromatic N) is 1. The van der Waals surface area contributed by atoms with Crippen LogP contribution in [-0.2, 0) is 0 Å². The van der Waals surface area contributed by atoms with Gasteiger partial charge in [0.15, 0.2) is 0 Å². The van der Waals surface area contributed by atoms with Gasteiger partial charge in [0, 0.05) is 6.20 Å². The topological polar surface area (TPSA) is 12.9 Å². The summed E-state index contributed by atoms with van der Waals surface area (Å²) in [5.74, 6) is 4.83. The standard InChI is InChI=1S/C9H5N/c1-3-8-6-5-7-10-9(8)4-2/h1-2,5-7H. The summed E-state index contributed by atoms with van der Waals surface area (Å²) < 4.78 is 0. The molecule has 0 saturated heterocycles. The first-order valence-corrected chi connectivity index (χ1v) is 2.76. The molecule has 46 valence electrons. The zero-order valence-electron chi connectivity index (χ0n) is 5.33. The van der Waals surface area contributed by atoms with Crippen LogP contribution in [0.15, 0.2) is 18.3 Å². The minimum absolute atomic E-state index is 0.532. The highest BCUT2D eigenvalue weighted by Gasteiger charge is 1.92. The summed E-state index contributed by atoms with van der Waals surface area (Å²) in [5.41, 5.74) is 1.20. The van der Waals surface area contributed by atoms with Gasteiger partial charge < -0.3 is 0 Å². The summed E-state index contributed by atoms with van der Waals surface area (Å²) in [4.78, 5) is 3.89. The molecule has 10 heavy (non-hydrogen) atoms. The van der Waals surface area contributed by atoms with Crippen LogP contribution in [0, 0.1) is 24.7 Å². The van der Waals surface area contributed by atoms with Crippen LogP contribution in [-0.4, -0.2) is 4.98 Å². The third-order valence-corrected chi connectivity index (χ3v) is 1.10. The van der Waals surface area contributed by atoms with Crippen LogP contribution in [0.5, 0.6) is 0 Å². The smallest absolute Gasteiger partial charge is 0.128 e. The van der Waals surface area contributed by atoms with Gasteiger partial charge in [0.25, 0.3) is 0 Å². The number of aromatic nitrogens is 1. The molecule has 1 heteroatoms. The third-order valence-electron chi connectivity index (χ3n) is 1.10. The van der Waals surface area contributed by atoms with Gasteiger partial charge >= 0.3 is 0 Å². The molecule has 0 aliphatic heterocycles. The van der Waals surface area contributed by atoms with Crippen LogP contribution in [0.25, 0.3) is 0 Å². The fourth-order valence-corrected chi connectivity index (χ4v) is 0.637. The second-order valence-corrected chi connectivity index (χ2v) is 1.69. The van der Waals surface area contributed by atoms with Crippen molar-refractivity contribution in [3.05, 3.63) is 29.6 Å². The Hall–Kier alpha value is -1.73. The van der Waals surface area contributed by atoms with E-state index in [4.69, 9.17) is 12.8 Å². The molecule has 0 saturated carbocycles. The van der Waals surface area contributed by atoms with E-state index < -0.39 is 0 Å². The molecule has 0 aromatic carbocycles. The first-order chi connectivity index (χ1) is 4.88. The Morgan fingerprint density at radius 3 is 2.60 bits per heavy atom. The maximum atomic E-state index is 5.14. The predicted molar refractivity (Wildman–Crippen MR) is 40.1 cm³/mol. The van der Waals surface area contributed by atoms with Crippen molar-refractivity contribution >= 4 is 0 Å². The van der Waals surface area contributed by atoms with E-state index in [2.05, 4.69) is 16.8 Å². The molecule has 0 fully saturated rings. The largest absolute Gasteiger partial charge is 0.246 e. The van der Waals surface area contributed by atoms with Crippen LogP contribution in [0.2, 0.25) is 0 Å².